The molecule has 2 N–H and O–H groups in total. The molecule has 2 rings (SSSR count). The van der Waals surface area contributed by atoms with E-state index in [2.05, 4.69) is 6.92 Å². The van der Waals surface area contributed by atoms with E-state index in [1.807, 2.05) is 54.4 Å². The molecule has 0 aliphatic carbocycles. The minimum absolute atomic E-state index is 0.649. The van der Waals surface area contributed by atoms with Crippen LogP contribution in [0.25, 0.3) is 0 Å². The molecule has 0 bridgehead atoms. The van der Waals surface area contributed by atoms with Gasteiger partial charge in [0.15, 0.2) is 0 Å². The Bertz CT molecular complexity index is 599. The van der Waals surface area contributed by atoms with Crippen LogP contribution in [0.3, 0.4) is 0 Å². The summed E-state index contributed by atoms with van der Waals surface area (Å²) in [5.74, 6) is 1.54. The third-order valence-corrected chi connectivity index (χ3v) is 3.31. The van der Waals surface area contributed by atoms with E-state index in [-0.39, 0.29) is 0 Å². The number of rotatable bonds is 6. The van der Waals surface area contributed by atoms with Crippen LogP contribution in [0.2, 0.25) is 0 Å². The number of methoxy groups -OCH3 is 1. The van der Waals surface area contributed by atoms with Gasteiger partial charge in [-0.3, -0.25) is 0 Å². The Morgan fingerprint density at radius 2 is 1.90 bits per heavy atom. The van der Waals surface area contributed by atoms with Crippen molar-refractivity contribution in [1.82, 2.24) is 0 Å². The van der Waals surface area contributed by atoms with E-state index in [9.17, 15) is 0 Å². The zero-order chi connectivity index (χ0) is 15.2. The van der Waals surface area contributed by atoms with Crippen molar-refractivity contribution in [3.8, 4) is 11.5 Å². The summed E-state index contributed by atoms with van der Waals surface area (Å²) in [5.41, 5.74) is 8.81. The first-order valence-corrected chi connectivity index (χ1v) is 7.06. The summed E-state index contributed by atoms with van der Waals surface area (Å²) in [6, 6.07) is 13.7. The molecule has 0 heterocycles. The molecule has 4 nitrogen and oxygen atoms in total. The normalized spacial score (nSPS) is 10.2. The molecule has 0 saturated carbocycles. The van der Waals surface area contributed by atoms with Crippen LogP contribution < -0.4 is 20.1 Å². The number of nitrogens with zero attached hydrogens (tertiary/aromatic N) is 1. The zero-order valence-corrected chi connectivity index (χ0v) is 12.8. The molecule has 0 aromatic heterocycles. The van der Waals surface area contributed by atoms with Crippen molar-refractivity contribution in [2.24, 2.45) is 0 Å². The van der Waals surface area contributed by atoms with Crippen LogP contribution >= 0.6 is 0 Å². The SMILES string of the molecule is CCCOc1cccc(N(C)c2cccc(OC)c2)c1N. The number of ether oxygens (including phenoxy) is 2. The van der Waals surface area contributed by atoms with E-state index in [0.29, 0.717) is 12.3 Å². The van der Waals surface area contributed by atoms with Crippen LogP contribution in [0.5, 0.6) is 11.5 Å². The van der Waals surface area contributed by atoms with Crippen LogP contribution in [0.15, 0.2) is 42.5 Å². The predicted molar refractivity (Wildman–Crippen MR) is 87.7 cm³/mol. The highest BCUT2D eigenvalue weighted by Gasteiger charge is 2.12. The van der Waals surface area contributed by atoms with E-state index in [0.717, 1.165) is 29.3 Å². The molecular formula is C17H22N2O2. The van der Waals surface area contributed by atoms with Crippen LogP contribution in [-0.4, -0.2) is 20.8 Å². The number of anilines is 3. The molecular weight excluding hydrogens is 264 g/mol. The van der Waals surface area contributed by atoms with Gasteiger partial charge in [0.2, 0.25) is 0 Å². The Balaban J connectivity index is 2.31. The molecule has 0 radical (unpaired) electrons. The number of para-hydroxylation sites is 1. The molecule has 2 aromatic rings. The molecule has 21 heavy (non-hydrogen) atoms. The minimum atomic E-state index is 0.649. The lowest BCUT2D eigenvalue weighted by Gasteiger charge is -2.23. The van der Waals surface area contributed by atoms with Crippen molar-refractivity contribution in [2.45, 2.75) is 13.3 Å². The highest BCUT2D eigenvalue weighted by atomic mass is 16.5. The average molecular weight is 286 g/mol. The van der Waals surface area contributed by atoms with Gasteiger partial charge in [-0.25, -0.2) is 0 Å². The quantitative estimate of drug-likeness (QED) is 0.820. The van der Waals surface area contributed by atoms with E-state index in [1.54, 1.807) is 7.11 Å². The lowest BCUT2D eigenvalue weighted by atomic mass is 10.2. The van der Waals surface area contributed by atoms with Crippen molar-refractivity contribution < 1.29 is 9.47 Å². The fourth-order valence-corrected chi connectivity index (χ4v) is 2.12. The van der Waals surface area contributed by atoms with Gasteiger partial charge in [0.1, 0.15) is 11.5 Å². The van der Waals surface area contributed by atoms with Crippen LogP contribution in [0, 0.1) is 0 Å². The minimum Gasteiger partial charge on any atom is -0.497 e. The summed E-state index contributed by atoms with van der Waals surface area (Å²) in [6.07, 6.45) is 0.954. The molecule has 4 heteroatoms. The van der Waals surface area contributed by atoms with E-state index in [4.69, 9.17) is 15.2 Å². The molecule has 0 spiro atoms. The first-order valence-electron chi connectivity index (χ1n) is 7.06. The fourth-order valence-electron chi connectivity index (χ4n) is 2.12. The smallest absolute Gasteiger partial charge is 0.144 e. The summed E-state index contributed by atoms with van der Waals surface area (Å²) < 4.78 is 10.9. The highest BCUT2D eigenvalue weighted by Crippen LogP contribution is 2.36. The summed E-state index contributed by atoms with van der Waals surface area (Å²) in [6.45, 7) is 2.74. The lowest BCUT2D eigenvalue weighted by molar-refractivity contribution is 0.319. The second kappa shape index (κ2) is 6.88. The van der Waals surface area contributed by atoms with Gasteiger partial charge in [0.25, 0.3) is 0 Å². The van der Waals surface area contributed by atoms with E-state index in [1.165, 1.54) is 0 Å². The number of hydrogen-bond donors (Lipinski definition) is 1. The maximum atomic E-state index is 6.23. The Morgan fingerprint density at radius 3 is 2.62 bits per heavy atom. The molecule has 112 valence electrons. The number of hydrogen-bond acceptors (Lipinski definition) is 4. The maximum absolute atomic E-state index is 6.23. The highest BCUT2D eigenvalue weighted by molar-refractivity contribution is 5.79. The standard InChI is InChI=1S/C17H22N2O2/c1-4-11-21-16-10-6-9-15(17(16)18)19(2)13-7-5-8-14(12-13)20-3/h5-10,12H,4,11,18H2,1-3H3. The van der Waals surface area contributed by atoms with Gasteiger partial charge in [-0.2, -0.15) is 0 Å². The average Bonchev–Trinajstić information content (AvgIpc) is 2.53. The fraction of sp³-hybridized carbons (Fsp3) is 0.294. The largest absolute Gasteiger partial charge is 0.497 e. The van der Waals surface area contributed by atoms with Gasteiger partial charge in [-0.15, -0.1) is 0 Å². The lowest BCUT2D eigenvalue weighted by Crippen LogP contribution is -2.12. The third-order valence-electron chi connectivity index (χ3n) is 3.31. The summed E-state index contributed by atoms with van der Waals surface area (Å²) >= 11 is 0. The van der Waals surface area contributed by atoms with Crippen LogP contribution in [0.1, 0.15) is 13.3 Å². The monoisotopic (exact) mass is 286 g/mol. The number of nitrogen functional groups attached to an aromatic ring is 1. The van der Waals surface area contributed by atoms with Crippen LogP contribution in [-0.2, 0) is 0 Å². The maximum Gasteiger partial charge on any atom is 0.144 e. The topological polar surface area (TPSA) is 47.7 Å². The van der Waals surface area contributed by atoms with Crippen molar-refractivity contribution in [3.05, 3.63) is 42.5 Å². The van der Waals surface area contributed by atoms with Gasteiger partial charge in [-0.1, -0.05) is 19.1 Å². The van der Waals surface area contributed by atoms with Crippen molar-refractivity contribution in [2.75, 3.05) is 31.4 Å². The molecule has 0 aliphatic rings. The first-order chi connectivity index (χ1) is 10.2. The number of nitrogens with two attached hydrogens (primary N) is 1. The Morgan fingerprint density at radius 1 is 1.14 bits per heavy atom. The Hall–Kier alpha value is -2.36. The molecule has 0 atom stereocenters. The Kier molecular flexibility index (Phi) is 4.93. The van der Waals surface area contributed by atoms with Crippen molar-refractivity contribution in [3.63, 3.8) is 0 Å². The Labute approximate surface area is 126 Å². The molecule has 0 saturated heterocycles. The summed E-state index contributed by atoms with van der Waals surface area (Å²) in [7, 11) is 3.64. The molecule has 0 amide bonds. The molecule has 0 aliphatic heterocycles. The van der Waals surface area contributed by atoms with Crippen molar-refractivity contribution in [1.29, 1.82) is 0 Å². The van der Waals surface area contributed by atoms with Crippen LogP contribution in [0.4, 0.5) is 17.1 Å². The van der Waals surface area contributed by atoms with Gasteiger partial charge < -0.3 is 20.1 Å². The molecule has 2 aromatic carbocycles. The predicted octanol–water partition coefficient (Wildman–Crippen LogP) is 3.83. The molecule has 0 unspecified atom stereocenters. The van der Waals surface area contributed by atoms with Gasteiger partial charge in [0.05, 0.1) is 25.1 Å². The van der Waals surface area contributed by atoms with Crippen molar-refractivity contribution >= 4 is 17.1 Å². The summed E-state index contributed by atoms with van der Waals surface area (Å²) in [4.78, 5) is 2.02. The van der Waals surface area contributed by atoms with E-state index >= 15 is 0 Å². The third kappa shape index (κ3) is 3.40. The second-order valence-electron chi connectivity index (χ2n) is 4.80. The molecule has 0 fully saturated rings. The van der Waals surface area contributed by atoms with E-state index < -0.39 is 0 Å². The van der Waals surface area contributed by atoms with Gasteiger partial charge in [0, 0.05) is 18.8 Å². The van der Waals surface area contributed by atoms with Gasteiger partial charge in [-0.05, 0) is 30.7 Å². The number of benzene rings is 2. The zero-order valence-electron chi connectivity index (χ0n) is 12.8. The van der Waals surface area contributed by atoms with Gasteiger partial charge >= 0.3 is 0 Å². The summed E-state index contributed by atoms with van der Waals surface area (Å²) in [5, 5.41) is 0. The first kappa shape index (κ1) is 15.0. The second-order valence-corrected chi connectivity index (χ2v) is 4.80.